The number of hydrogen-bond acceptors (Lipinski definition) is 4. The van der Waals surface area contributed by atoms with Crippen LogP contribution in [-0.2, 0) is 0 Å². The fraction of sp³-hybridized carbons (Fsp3) is 0.583. The summed E-state index contributed by atoms with van der Waals surface area (Å²) >= 11 is 3.64. The van der Waals surface area contributed by atoms with Gasteiger partial charge >= 0.3 is 0 Å². The molecule has 0 amide bonds. The summed E-state index contributed by atoms with van der Waals surface area (Å²) in [6.45, 7) is 6.81. The van der Waals surface area contributed by atoms with Crippen LogP contribution in [0.25, 0.3) is 0 Å². The van der Waals surface area contributed by atoms with Gasteiger partial charge in [-0.05, 0) is 18.6 Å². The van der Waals surface area contributed by atoms with Crippen molar-refractivity contribution in [3.63, 3.8) is 0 Å². The first kappa shape index (κ1) is 12.0. The van der Waals surface area contributed by atoms with Gasteiger partial charge in [-0.1, -0.05) is 13.8 Å². The Morgan fingerprint density at radius 2 is 2.19 bits per heavy atom. The minimum absolute atomic E-state index is 0.388. The molecule has 0 saturated carbocycles. The predicted octanol–water partition coefficient (Wildman–Crippen LogP) is 3.28. The van der Waals surface area contributed by atoms with E-state index in [1.165, 1.54) is 17.2 Å². The zero-order chi connectivity index (χ0) is 11.6. The molecule has 0 aromatic carbocycles. The van der Waals surface area contributed by atoms with Crippen LogP contribution in [0.5, 0.6) is 0 Å². The van der Waals surface area contributed by atoms with Crippen molar-refractivity contribution >= 4 is 34.4 Å². The third kappa shape index (κ3) is 2.80. The lowest BCUT2D eigenvalue weighted by Gasteiger charge is -2.22. The Labute approximate surface area is 105 Å². The summed E-state index contributed by atoms with van der Waals surface area (Å²) in [5.41, 5.74) is 0. The molecule has 0 bridgehead atoms. The molecule has 88 valence electrons. The summed E-state index contributed by atoms with van der Waals surface area (Å²) in [6.07, 6.45) is 2.14. The van der Waals surface area contributed by atoms with E-state index >= 15 is 0 Å². The third-order valence-electron chi connectivity index (χ3n) is 2.88. The Morgan fingerprint density at radius 3 is 2.88 bits per heavy atom. The molecule has 2 nitrogen and oxygen atoms in total. The van der Waals surface area contributed by atoms with Gasteiger partial charge in [-0.3, -0.25) is 4.79 Å². The molecular formula is C12H17NOS2. The molecule has 1 aromatic rings. The molecule has 0 unspecified atom stereocenters. The van der Waals surface area contributed by atoms with E-state index in [1.807, 2.05) is 17.8 Å². The lowest BCUT2D eigenvalue weighted by atomic mass is 10.1. The van der Waals surface area contributed by atoms with Crippen molar-refractivity contribution in [2.24, 2.45) is 0 Å². The largest absolute Gasteiger partial charge is 0.363 e. The number of anilines is 1. The van der Waals surface area contributed by atoms with Crippen LogP contribution >= 0.6 is 23.1 Å². The summed E-state index contributed by atoms with van der Waals surface area (Å²) in [5.74, 6) is 1.17. The smallest absolute Gasteiger partial charge is 0.160 e. The highest BCUT2D eigenvalue weighted by molar-refractivity contribution is 8.00. The molecule has 16 heavy (non-hydrogen) atoms. The van der Waals surface area contributed by atoms with E-state index in [2.05, 4.69) is 24.8 Å². The van der Waals surface area contributed by atoms with Crippen molar-refractivity contribution in [1.29, 1.82) is 0 Å². The number of carbonyl (C=O) groups excluding carboxylic acids is 1. The first-order valence-electron chi connectivity index (χ1n) is 5.55. The fourth-order valence-corrected chi connectivity index (χ4v) is 3.79. The van der Waals surface area contributed by atoms with E-state index in [0.29, 0.717) is 4.75 Å². The lowest BCUT2D eigenvalue weighted by molar-refractivity contribution is 0.112. The molecular weight excluding hydrogens is 238 g/mol. The SMILES string of the molecule is CC1(C)CCN(c2ccc(C=O)s2)CCS1. The van der Waals surface area contributed by atoms with E-state index in [0.717, 1.165) is 24.3 Å². The zero-order valence-corrected chi connectivity index (χ0v) is 11.4. The molecule has 1 aliphatic heterocycles. The number of thiophene rings is 1. The molecule has 1 aliphatic rings. The van der Waals surface area contributed by atoms with Gasteiger partial charge < -0.3 is 4.90 Å². The summed E-state index contributed by atoms with van der Waals surface area (Å²) in [4.78, 5) is 13.9. The van der Waals surface area contributed by atoms with Crippen molar-refractivity contribution in [3.05, 3.63) is 17.0 Å². The Balaban J connectivity index is 2.07. The lowest BCUT2D eigenvalue weighted by Crippen LogP contribution is -2.25. The van der Waals surface area contributed by atoms with Gasteiger partial charge in [-0.2, -0.15) is 11.8 Å². The summed E-state index contributed by atoms with van der Waals surface area (Å²) in [5, 5.41) is 1.24. The fourth-order valence-electron chi connectivity index (χ4n) is 1.82. The maximum Gasteiger partial charge on any atom is 0.160 e. The first-order chi connectivity index (χ1) is 7.61. The monoisotopic (exact) mass is 255 g/mol. The second-order valence-corrected chi connectivity index (χ2v) is 7.53. The molecule has 0 atom stereocenters. The number of thioether (sulfide) groups is 1. The normalized spacial score (nSPS) is 20.5. The molecule has 2 heterocycles. The molecule has 0 N–H and O–H groups in total. The van der Waals surface area contributed by atoms with Gasteiger partial charge in [0.1, 0.15) is 0 Å². The number of nitrogens with zero attached hydrogens (tertiary/aromatic N) is 1. The summed E-state index contributed by atoms with van der Waals surface area (Å²) in [7, 11) is 0. The van der Waals surface area contributed by atoms with Crippen molar-refractivity contribution in [1.82, 2.24) is 0 Å². The Hall–Kier alpha value is -0.480. The van der Waals surface area contributed by atoms with Crippen LogP contribution in [0.15, 0.2) is 12.1 Å². The van der Waals surface area contributed by atoms with Gasteiger partial charge in [0.15, 0.2) is 6.29 Å². The minimum Gasteiger partial charge on any atom is -0.363 e. The highest BCUT2D eigenvalue weighted by Crippen LogP contribution is 2.34. The molecule has 0 radical (unpaired) electrons. The Kier molecular flexibility index (Phi) is 3.60. The average molecular weight is 255 g/mol. The Morgan fingerprint density at radius 1 is 1.38 bits per heavy atom. The maximum absolute atomic E-state index is 10.7. The van der Waals surface area contributed by atoms with E-state index in [1.54, 1.807) is 11.3 Å². The van der Waals surface area contributed by atoms with E-state index in [9.17, 15) is 4.79 Å². The van der Waals surface area contributed by atoms with Crippen molar-refractivity contribution in [3.8, 4) is 0 Å². The minimum atomic E-state index is 0.388. The molecule has 4 heteroatoms. The van der Waals surface area contributed by atoms with Crippen LogP contribution in [0.3, 0.4) is 0 Å². The van der Waals surface area contributed by atoms with Crippen LogP contribution in [0.2, 0.25) is 0 Å². The number of rotatable bonds is 2. The first-order valence-corrected chi connectivity index (χ1v) is 7.35. The van der Waals surface area contributed by atoms with Crippen LogP contribution in [0.1, 0.15) is 29.9 Å². The van der Waals surface area contributed by atoms with Crippen LogP contribution in [0, 0.1) is 0 Å². The highest BCUT2D eigenvalue weighted by Gasteiger charge is 2.24. The van der Waals surface area contributed by atoms with Crippen molar-refractivity contribution < 1.29 is 4.79 Å². The van der Waals surface area contributed by atoms with Crippen LogP contribution < -0.4 is 4.90 Å². The van der Waals surface area contributed by atoms with Gasteiger partial charge in [0.2, 0.25) is 0 Å². The molecule has 0 aliphatic carbocycles. The maximum atomic E-state index is 10.7. The van der Waals surface area contributed by atoms with Crippen LogP contribution in [-0.4, -0.2) is 29.9 Å². The molecule has 1 fully saturated rings. The highest BCUT2D eigenvalue weighted by atomic mass is 32.2. The standard InChI is InChI=1S/C12H17NOS2/c1-12(2)5-6-13(7-8-15-12)11-4-3-10(9-14)16-11/h3-4,9H,5-8H2,1-2H3. The molecule has 1 saturated heterocycles. The van der Waals surface area contributed by atoms with Gasteiger partial charge in [0, 0.05) is 23.6 Å². The third-order valence-corrected chi connectivity index (χ3v) is 5.32. The van der Waals surface area contributed by atoms with Crippen molar-refractivity contribution in [2.45, 2.75) is 25.0 Å². The summed E-state index contributed by atoms with van der Waals surface area (Å²) in [6, 6.07) is 3.98. The summed E-state index contributed by atoms with van der Waals surface area (Å²) < 4.78 is 0.388. The van der Waals surface area contributed by atoms with Gasteiger partial charge in [0.25, 0.3) is 0 Å². The van der Waals surface area contributed by atoms with E-state index in [-0.39, 0.29) is 0 Å². The molecule has 1 aromatic heterocycles. The van der Waals surface area contributed by atoms with Crippen LogP contribution in [0.4, 0.5) is 5.00 Å². The topological polar surface area (TPSA) is 20.3 Å². The van der Waals surface area contributed by atoms with Gasteiger partial charge in [0.05, 0.1) is 9.88 Å². The molecule has 2 rings (SSSR count). The second kappa shape index (κ2) is 4.80. The number of carbonyl (C=O) groups is 1. The zero-order valence-electron chi connectivity index (χ0n) is 9.73. The average Bonchev–Trinajstić information content (AvgIpc) is 2.64. The Bertz CT molecular complexity index is 373. The van der Waals surface area contributed by atoms with Gasteiger partial charge in [-0.25, -0.2) is 0 Å². The van der Waals surface area contributed by atoms with Gasteiger partial charge in [-0.15, -0.1) is 11.3 Å². The predicted molar refractivity (Wildman–Crippen MR) is 73.1 cm³/mol. The van der Waals surface area contributed by atoms with Crippen molar-refractivity contribution in [2.75, 3.05) is 23.7 Å². The second-order valence-electron chi connectivity index (χ2n) is 4.64. The number of hydrogen-bond donors (Lipinski definition) is 0. The quantitative estimate of drug-likeness (QED) is 0.756. The van der Waals surface area contributed by atoms with E-state index < -0.39 is 0 Å². The number of aldehydes is 1. The molecule has 0 spiro atoms. The van der Waals surface area contributed by atoms with E-state index in [4.69, 9.17) is 0 Å².